The van der Waals surface area contributed by atoms with E-state index in [4.69, 9.17) is 14.2 Å². The van der Waals surface area contributed by atoms with Crippen molar-refractivity contribution in [3.05, 3.63) is 23.3 Å². The summed E-state index contributed by atoms with van der Waals surface area (Å²) < 4.78 is 16.1. The van der Waals surface area contributed by atoms with Gasteiger partial charge in [0.15, 0.2) is 11.5 Å². The molecule has 2 saturated heterocycles. The number of methoxy groups -OCH3 is 2. The molecular weight excluding hydrogens is 382 g/mol. The van der Waals surface area contributed by atoms with Crippen molar-refractivity contribution in [3.63, 3.8) is 0 Å². The molecule has 1 aromatic carbocycles. The van der Waals surface area contributed by atoms with Gasteiger partial charge in [-0.25, -0.2) is 0 Å². The van der Waals surface area contributed by atoms with Crippen molar-refractivity contribution >= 4 is 23.6 Å². The highest BCUT2D eigenvalue weighted by Crippen LogP contribution is 2.52. The summed E-state index contributed by atoms with van der Waals surface area (Å²) in [6, 6.07) is 3.23. The summed E-state index contributed by atoms with van der Waals surface area (Å²) in [4.78, 5) is 29.9. The molecule has 8 nitrogen and oxygen atoms in total. The Morgan fingerprint density at radius 2 is 2.07 bits per heavy atom. The predicted octanol–water partition coefficient (Wildman–Crippen LogP) is 0.722. The summed E-state index contributed by atoms with van der Waals surface area (Å²) >= 11 is 1.61. The number of hydrogen-bond acceptors (Lipinski definition) is 7. The minimum atomic E-state index is -0.477. The average Bonchev–Trinajstić information content (AvgIpc) is 3.28. The van der Waals surface area contributed by atoms with Crippen LogP contribution in [0.4, 0.5) is 0 Å². The van der Waals surface area contributed by atoms with Gasteiger partial charge in [0.25, 0.3) is 5.91 Å². The van der Waals surface area contributed by atoms with Gasteiger partial charge in [-0.3, -0.25) is 14.5 Å². The molecule has 0 aliphatic carbocycles. The molecule has 2 atom stereocenters. The van der Waals surface area contributed by atoms with Crippen molar-refractivity contribution in [1.82, 2.24) is 15.1 Å². The highest BCUT2D eigenvalue weighted by molar-refractivity contribution is 7.99. The Morgan fingerprint density at radius 1 is 1.29 bits per heavy atom. The molecular formula is C19H25N3O5S. The summed E-state index contributed by atoms with van der Waals surface area (Å²) in [7, 11) is 3.07. The second-order valence-corrected chi connectivity index (χ2v) is 8.04. The SMILES string of the molecule is COc1ccc2c(c1OC)C(=O)N1[C@@H]2SC[C@H]1C(=O)NCCN1CCOCC1. The van der Waals surface area contributed by atoms with Crippen LogP contribution in [-0.2, 0) is 9.53 Å². The summed E-state index contributed by atoms with van der Waals surface area (Å²) in [5.74, 6) is 1.27. The molecule has 0 spiro atoms. The predicted molar refractivity (Wildman–Crippen MR) is 105 cm³/mol. The van der Waals surface area contributed by atoms with Crippen molar-refractivity contribution in [1.29, 1.82) is 0 Å². The quantitative estimate of drug-likeness (QED) is 0.744. The third-order valence-electron chi connectivity index (χ3n) is 5.43. The van der Waals surface area contributed by atoms with E-state index < -0.39 is 6.04 Å². The van der Waals surface area contributed by atoms with Crippen LogP contribution in [-0.4, -0.2) is 87.0 Å². The molecule has 1 aromatic rings. The first-order chi connectivity index (χ1) is 13.7. The maximum absolute atomic E-state index is 13.1. The highest BCUT2D eigenvalue weighted by atomic mass is 32.2. The minimum Gasteiger partial charge on any atom is -0.493 e. The molecule has 152 valence electrons. The Labute approximate surface area is 168 Å². The summed E-state index contributed by atoms with van der Waals surface area (Å²) in [5.41, 5.74) is 1.39. The number of hydrogen-bond donors (Lipinski definition) is 1. The van der Waals surface area contributed by atoms with Crippen molar-refractivity contribution in [2.24, 2.45) is 0 Å². The number of ether oxygens (including phenoxy) is 3. The number of thioether (sulfide) groups is 1. The van der Waals surface area contributed by atoms with Crippen molar-refractivity contribution in [2.75, 3.05) is 59.4 Å². The summed E-state index contributed by atoms with van der Waals surface area (Å²) in [6.45, 7) is 4.60. The fourth-order valence-electron chi connectivity index (χ4n) is 3.97. The van der Waals surface area contributed by atoms with E-state index in [-0.39, 0.29) is 17.2 Å². The molecule has 4 rings (SSSR count). The third-order valence-corrected chi connectivity index (χ3v) is 6.73. The lowest BCUT2D eigenvalue weighted by Gasteiger charge is -2.27. The van der Waals surface area contributed by atoms with Gasteiger partial charge in [0.05, 0.1) is 33.0 Å². The van der Waals surface area contributed by atoms with E-state index in [9.17, 15) is 9.59 Å². The third kappa shape index (κ3) is 3.31. The van der Waals surface area contributed by atoms with Crippen LogP contribution in [0.25, 0.3) is 0 Å². The van der Waals surface area contributed by atoms with Crippen LogP contribution >= 0.6 is 11.8 Å². The Balaban J connectivity index is 1.44. The lowest BCUT2D eigenvalue weighted by atomic mass is 10.1. The Kier molecular flexibility index (Phi) is 5.65. The van der Waals surface area contributed by atoms with Crippen LogP contribution in [0.3, 0.4) is 0 Å². The number of nitrogens with zero attached hydrogens (tertiary/aromatic N) is 2. The first-order valence-corrected chi connectivity index (χ1v) is 10.5. The second kappa shape index (κ2) is 8.18. The fourth-order valence-corrected chi connectivity index (χ4v) is 5.43. The molecule has 1 N–H and O–H groups in total. The molecule has 2 amide bonds. The second-order valence-electron chi connectivity index (χ2n) is 6.92. The molecule has 9 heteroatoms. The molecule has 0 bridgehead atoms. The number of carbonyl (C=O) groups is 2. The van der Waals surface area contributed by atoms with E-state index >= 15 is 0 Å². The van der Waals surface area contributed by atoms with Crippen LogP contribution in [0.15, 0.2) is 12.1 Å². The van der Waals surface area contributed by atoms with E-state index in [0.29, 0.717) is 29.4 Å². The van der Waals surface area contributed by atoms with Gasteiger partial charge in [-0.2, -0.15) is 0 Å². The van der Waals surface area contributed by atoms with Crippen LogP contribution in [0.2, 0.25) is 0 Å². The minimum absolute atomic E-state index is 0.102. The number of nitrogens with one attached hydrogen (secondary N) is 1. The van der Waals surface area contributed by atoms with E-state index in [1.807, 2.05) is 12.1 Å². The van der Waals surface area contributed by atoms with Gasteiger partial charge < -0.3 is 24.4 Å². The maximum atomic E-state index is 13.1. The van der Waals surface area contributed by atoms with Crippen molar-refractivity contribution in [3.8, 4) is 11.5 Å². The normalized spacial score (nSPS) is 24.1. The zero-order chi connectivity index (χ0) is 19.7. The number of amides is 2. The molecule has 3 aliphatic rings. The van der Waals surface area contributed by atoms with Gasteiger partial charge in [0, 0.05) is 37.5 Å². The van der Waals surface area contributed by atoms with Crippen LogP contribution in [0.5, 0.6) is 11.5 Å². The highest BCUT2D eigenvalue weighted by Gasteiger charge is 2.50. The Bertz CT molecular complexity index is 768. The first kappa shape index (κ1) is 19.4. The van der Waals surface area contributed by atoms with Gasteiger partial charge in [-0.15, -0.1) is 11.8 Å². The maximum Gasteiger partial charge on any atom is 0.260 e. The summed E-state index contributed by atoms with van der Waals surface area (Å²) in [5, 5.41) is 2.84. The van der Waals surface area contributed by atoms with E-state index in [0.717, 1.165) is 38.4 Å². The zero-order valence-electron chi connectivity index (χ0n) is 16.1. The number of fused-ring (bicyclic) bond motifs is 3. The van der Waals surface area contributed by atoms with Gasteiger partial charge in [-0.1, -0.05) is 6.07 Å². The molecule has 2 fully saturated rings. The number of carbonyl (C=O) groups excluding carboxylic acids is 2. The number of benzene rings is 1. The molecule has 0 saturated carbocycles. The number of rotatable bonds is 6. The van der Waals surface area contributed by atoms with E-state index in [2.05, 4.69) is 10.2 Å². The van der Waals surface area contributed by atoms with Gasteiger partial charge >= 0.3 is 0 Å². The van der Waals surface area contributed by atoms with Crippen molar-refractivity contribution in [2.45, 2.75) is 11.4 Å². The Morgan fingerprint density at radius 3 is 2.79 bits per heavy atom. The Hall–Kier alpha value is -1.97. The fraction of sp³-hybridized carbons (Fsp3) is 0.579. The standard InChI is InChI=1S/C19H25N3O5S/c1-25-14-4-3-12-15(16(14)26-2)18(24)22-13(11-28-19(12)22)17(23)20-5-6-21-7-9-27-10-8-21/h3-4,13,19H,5-11H2,1-2H3,(H,20,23)/t13-,19+/m0/s1. The average molecular weight is 407 g/mol. The van der Waals surface area contributed by atoms with E-state index in [1.165, 1.54) is 7.11 Å². The zero-order valence-corrected chi connectivity index (χ0v) is 16.9. The topological polar surface area (TPSA) is 80.3 Å². The molecule has 0 radical (unpaired) electrons. The lowest BCUT2D eigenvalue weighted by molar-refractivity contribution is -0.124. The smallest absolute Gasteiger partial charge is 0.260 e. The van der Waals surface area contributed by atoms with Gasteiger partial charge in [-0.05, 0) is 6.07 Å². The largest absolute Gasteiger partial charge is 0.493 e. The van der Waals surface area contributed by atoms with Crippen molar-refractivity contribution < 1.29 is 23.8 Å². The molecule has 3 aliphatic heterocycles. The molecule has 0 aromatic heterocycles. The van der Waals surface area contributed by atoms with Gasteiger partial charge in [0.1, 0.15) is 11.4 Å². The molecule has 28 heavy (non-hydrogen) atoms. The first-order valence-electron chi connectivity index (χ1n) is 9.42. The monoisotopic (exact) mass is 407 g/mol. The van der Waals surface area contributed by atoms with Gasteiger partial charge in [0.2, 0.25) is 5.91 Å². The van der Waals surface area contributed by atoms with Crippen LogP contribution in [0.1, 0.15) is 21.3 Å². The lowest BCUT2D eigenvalue weighted by Crippen LogP contribution is -2.48. The van der Waals surface area contributed by atoms with Crippen LogP contribution < -0.4 is 14.8 Å². The number of morpholine rings is 1. The summed E-state index contributed by atoms with van der Waals surface area (Å²) in [6.07, 6.45) is 0. The van der Waals surface area contributed by atoms with Crippen LogP contribution in [0, 0.1) is 0 Å². The molecule has 3 heterocycles. The van der Waals surface area contributed by atoms with E-state index in [1.54, 1.807) is 23.8 Å². The molecule has 0 unspecified atom stereocenters.